The molecule has 3 nitrogen and oxygen atoms in total. The van der Waals surface area contributed by atoms with Crippen LogP contribution in [0.1, 0.15) is 19.8 Å². The fourth-order valence-electron chi connectivity index (χ4n) is 1.94. The van der Waals surface area contributed by atoms with Crippen molar-refractivity contribution in [3.63, 3.8) is 0 Å². The quantitative estimate of drug-likeness (QED) is 0.636. The van der Waals surface area contributed by atoms with E-state index in [0.717, 1.165) is 17.6 Å². The van der Waals surface area contributed by atoms with Gasteiger partial charge in [-0.05, 0) is 42.7 Å². The van der Waals surface area contributed by atoms with E-state index in [-0.39, 0.29) is 0 Å². The molecule has 0 aliphatic heterocycles. The van der Waals surface area contributed by atoms with Gasteiger partial charge in [-0.2, -0.15) is 0 Å². The Morgan fingerprint density at radius 1 is 1.20 bits per heavy atom. The lowest BCUT2D eigenvalue weighted by Crippen LogP contribution is -1.98. The summed E-state index contributed by atoms with van der Waals surface area (Å²) in [5, 5.41) is 11.1. The highest BCUT2D eigenvalue weighted by atomic mass is 16.5. The van der Waals surface area contributed by atoms with Crippen molar-refractivity contribution in [1.82, 2.24) is 0 Å². The van der Waals surface area contributed by atoms with Gasteiger partial charge in [0.2, 0.25) is 0 Å². The molecule has 3 heteroatoms. The van der Waals surface area contributed by atoms with Crippen molar-refractivity contribution in [3.8, 4) is 5.75 Å². The minimum Gasteiger partial charge on any atom is -0.494 e. The van der Waals surface area contributed by atoms with Gasteiger partial charge in [0.05, 0.1) is 6.61 Å². The highest BCUT2D eigenvalue weighted by Crippen LogP contribution is 2.20. The molecular formula is C17H18O3. The third-order valence-corrected chi connectivity index (χ3v) is 3.13. The van der Waals surface area contributed by atoms with Crippen LogP contribution in [0.25, 0.3) is 10.8 Å². The van der Waals surface area contributed by atoms with E-state index in [2.05, 4.69) is 12.1 Å². The second-order valence-electron chi connectivity index (χ2n) is 4.69. The fraction of sp³-hybridized carbons (Fsp3) is 0.235. The van der Waals surface area contributed by atoms with Crippen LogP contribution in [-0.4, -0.2) is 17.7 Å². The maximum absolute atomic E-state index is 10.6. The third kappa shape index (κ3) is 3.85. The van der Waals surface area contributed by atoms with E-state index in [1.54, 1.807) is 13.0 Å². The smallest absolute Gasteiger partial charge is 0.330 e. The number of carboxylic acid groups (broad SMARTS) is 1. The molecule has 1 N–H and O–H groups in total. The summed E-state index contributed by atoms with van der Waals surface area (Å²) in [6.07, 6.45) is 3.25. The summed E-state index contributed by atoms with van der Waals surface area (Å²) in [6.45, 7) is 2.19. The second kappa shape index (κ2) is 6.75. The van der Waals surface area contributed by atoms with Crippen LogP contribution in [0.15, 0.2) is 54.1 Å². The maximum atomic E-state index is 10.6. The number of benzene rings is 2. The lowest BCUT2D eigenvalue weighted by Gasteiger charge is -2.06. The number of carbonyl (C=O) groups is 1. The van der Waals surface area contributed by atoms with E-state index in [1.807, 2.05) is 30.3 Å². The average molecular weight is 270 g/mol. The van der Waals surface area contributed by atoms with Gasteiger partial charge in [-0.1, -0.05) is 36.4 Å². The number of ether oxygens (including phenoxy) is 1. The molecule has 2 rings (SSSR count). The Morgan fingerprint density at radius 3 is 2.70 bits per heavy atom. The summed E-state index contributed by atoms with van der Waals surface area (Å²) in [7, 11) is 0. The summed E-state index contributed by atoms with van der Waals surface area (Å²) in [5.74, 6) is -0.0110. The number of unbranched alkanes of at least 4 members (excludes halogenated alkanes) is 1. The lowest BCUT2D eigenvalue weighted by atomic mass is 10.1. The Labute approximate surface area is 118 Å². The molecule has 0 radical (unpaired) electrons. The third-order valence-electron chi connectivity index (χ3n) is 3.13. The summed E-state index contributed by atoms with van der Waals surface area (Å²) >= 11 is 0. The van der Waals surface area contributed by atoms with Crippen LogP contribution in [0.4, 0.5) is 0 Å². The molecule has 0 amide bonds. The van der Waals surface area contributed by atoms with Crippen molar-refractivity contribution in [3.05, 3.63) is 54.1 Å². The molecule has 0 aliphatic rings. The van der Waals surface area contributed by atoms with E-state index in [0.29, 0.717) is 18.6 Å². The minimum absolute atomic E-state index is 0.385. The average Bonchev–Trinajstić information content (AvgIpc) is 2.46. The molecule has 2 aromatic carbocycles. The fourth-order valence-corrected chi connectivity index (χ4v) is 1.94. The van der Waals surface area contributed by atoms with E-state index >= 15 is 0 Å². The molecule has 2 aromatic rings. The summed E-state index contributed by atoms with van der Waals surface area (Å²) in [4.78, 5) is 10.6. The predicted octanol–water partition coefficient (Wildman–Crippen LogP) is 4.03. The van der Waals surface area contributed by atoms with Gasteiger partial charge in [-0.3, -0.25) is 0 Å². The lowest BCUT2D eigenvalue weighted by molar-refractivity contribution is -0.132. The second-order valence-corrected chi connectivity index (χ2v) is 4.69. The van der Waals surface area contributed by atoms with Crippen LogP contribution in [-0.2, 0) is 4.79 Å². The Hall–Kier alpha value is -2.29. The summed E-state index contributed by atoms with van der Waals surface area (Å²) in [6, 6.07) is 14.2. The first-order valence-electron chi connectivity index (χ1n) is 6.68. The van der Waals surface area contributed by atoms with Gasteiger partial charge in [-0.15, -0.1) is 0 Å². The molecule has 0 spiro atoms. The van der Waals surface area contributed by atoms with Gasteiger partial charge in [-0.25, -0.2) is 4.79 Å². The van der Waals surface area contributed by atoms with Crippen LogP contribution >= 0.6 is 0 Å². The van der Waals surface area contributed by atoms with E-state index < -0.39 is 5.97 Å². The summed E-state index contributed by atoms with van der Waals surface area (Å²) in [5.41, 5.74) is 0.385. The van der Waals surface area contributed by atoms with Crippen LogP contribution in [0.3, 0.4) is 0 Å². The number of rotatable bonds is 6. The van der Waals surface area contributed by atoms with Gasteiger partial charge >= 0.3 is 5.97 Å². The maximum Gasteiger partial charge on any atom is 0.330 e. The van der Waals surface area contributed by atoms with Crippen molar-refractivity contribution in [2.24, 2.45) is 0 Å². The standard InChI is InChI=1S/C17H18O3/c1-13(17(18)19)6-4-5-11-20-16-10-9-14-7-2-3-8-15(14)12-16/h2-3,6-10,12H,4-5,11H2,1H3,(H,18,19)/b13-6+. The molecular weight excluding hydrogens is 252 g/mol. The van der Waals surface area contributed by atoms with E-state index in [1.165, 1.54) is 5.39 Å². The molecule has 0 saturated carbocycles. The van der Waals surface area contributed by atoms with E-state index in [4.69, 9.17) is 9.84 Å². The Bertz CT molecular complexity index is 629. The van der Waals surface area contributed by atoms with Crippen LogP contribution in [0.5, 0.6) is 5.75 Å². The first kappa shape index (κ1) is 14.1. The van der Waals surface area contributed by atoms with Crippen LogP contribution in [0.2, 0.25) is 0 Å². The number of fused-ring (bicyclic) bond motifs is 1. The Balaban J connectivity index is 1.84. The predicted molar refractivity (Wildman–Crippen MR) is 80.1 cm³/mol. The number of hydrogen-bond donors (Lipinski definition) is 1. The molecule has 0 aliphatic carbocycles. The molecule has 20 heavy (non-hydrogen) atoms. The number of aliphatic carboxylic acids is 1. The van der Waals surface area contributed by atoms with Crippen molar-refractivity contribution in [2.45, 2.75) is 19.8 Å². The number of carboxylic acids is 1. The van der Waals surface area contributed by atoms with Gasteiger partial charge in [0.25, 0.3) is 0 Å². The van der Waals surface area contributed by atoms with Crippen molar-refractivity contribution in [2.75, 3.05) is 6.61 Å². The SMILES string of the molecule is C/C(=C\CCCOc1ccc2ccccc2c1)C(=O)O. The molecule has 0 aromatic heterocycles. The highest BCUT2D eigenvalue weighted by Gasteiger charge is 1.99. The molecule has 104 valence electrons. The van der Waals surface area contributed by atoms with Crippen molar-refractivity contribution >= 4 is 16.7 Å². The minimum atomic E-state index is -0.861. The van der Waals surface area contributed by atoms with Gasteiger partial charge in [0.1, 0.15) is 5.75 Å². The normalized spacial score (nSPS) is 11.6. The number of allylic oxidation sites excluding steroid dienone is 1. The molecule has 0 bridgehead atoms. The van der Waals surface area contributed by atoms with Crippen molar-refractivity contribution in [1.29, 1.82) is 0 Å². The molecule has 0 fully saturated rings. The zero-order chi connectivity index (χ0) is 14.4. The summed E-state index contributed by atoms with van der Waals surface area (Å²) < 4.78 is 5.68. The number of hydrogen-bond acceptors (Lipinski definition) is 2. The first-order valence-corrected chi connectivity index (χ1v) is 6.68. The zero-order valence-electron chi connectivity index (χ0n) is 11.5. The first-order chi connectivity index (χ1) is 9.66. The van der Waals surface area contributed by atoms with Gasteiger partial charge in [0, 0.05) is 5.57 Å². The zero-order valence-corrected chi connectivity index (χ0v) is 11.5. The van der Waals surface area contributed by atoms with Crippen LogP contribution < -0.4 is 4.74 Å². The largest absolute Gasteiger partial charge is 0.494 e. The topological polar surface area (TPSA) is 46.5 Å². The molecule has 0 heterocycles. The Morgan fingerprint density at radius 2 is 1.95 bits per heavy atom. The Kier molecular flexibility index (Phi) is 4.77. The molecule has 0 atom stereocenters. The van der Waals surface area contributed by atoms with Gasteiger partial charge in [0.15, 0.2) is 0 Å². The van der Waals surface area contributed by atoms with Crippen molar-refractivity contribution < 1.29 is 14.6 Å². The monoisotopic (exact) mass is 270 g/mol. The van der Waals surface area contributed by atoms with E-state index in [9.17, 15) is 4.79 Å². The molecule has 0 unspecified atom stereocenters. The molecule has 0 saturated heterocycles. The van der Waals surface area contributed by atoms with Crippen LogP contribution in [0, 0.1) is 0 Å². The van der Waals surface area contributed by atoms with Gasteiger partial charge < -0.3 is 9.84 Å². The highest BCUT2D eigenvalue weighted by molar-refractivity contribution is 5.85.